The van der Waals surface area contributed by atoms with Crippen molar-refractivity contribution in [3.8, 4) is 5.75 Å². The van der Waals surface area contributed by atoms with Crippen LogP contribution < -0.4 is 14.4 Å². The smallest absolute Gasteiger partial charge is 0.267 e. The van der Waals surface area contributed by atoms with Gasteiger partial charge in [0.25, 0.3) is 5.91 Å². The maximum absolute atomic E-state index is 12.8. The van der Waals surface area contributed by atoms with Crippen LogP contribution in [0, 0.1) is 0 Å². The highest BCUT2D eigenvalue weighted by Gasteiger charge is 2.36. The van der Waals surface area contributed by atoms with E-state index in [9.17, 15) is 13.2 Å². The first-order valence-corrected chi connectivity index (χ1v) is 11.3. The van der Waals surface area contributed by atoms with E-state index in [4.69, 9.17) is 4.74 Å². The van der Waals surface area contributed by atoms with Crippen molar-refractivity contribution < 1.29 is 17.9 Å². The van der Waals surface area contributed by atoms with Gasteiger partial charge in [0, 0.05) is 4.90 Å². The Hall–Kier alpha value is -2.19. The molecule has 1 amide bonds. The lowest BCUT2D eigenvalue weighted by Crippen LogP contribution is -2.49. The van der Waals surface area contributed by atoms with Gasteiger partial charge in [-0.2, -0.15) is 0 Å². The maximum atomic E-state index is 12.8. The number of hydrogen-bond acceptors (Lipinski definition) is 5. The Balaban J connectivity index is 1.87. The number of carbonyl (C=O) groups excluding carboxylic acids is 1. The summed E-state index contributed by atoms with van der Waals surface area (Å²) in [6.45, 7) is 3.57. The highest BCUT2D eigenvalue weighted by molar-refractivity contribution is 7.99. The first-order valence-electron chi connectivity index (χ1n) is 8.75. The number of thioether (sulfide) groups is 1. The van der Waals surface area contributed by atoms with Gasteiger partial charge in [-0.15, -0.1) is 11.8 Å². The fraction of sp³-hybridized carbons (Fsp3) is 0.316. The van der Waals surface area contributed by atoms with Crippen LogP contribution in [-0.2, 0) is 14.8 Å². The monoisotopic (exact) mass is 406 g/mol. The minimum atomic E-state index is -3.52. The van der Waals surface area contributed by atoms with E-state index in [1.54, 1.807) is 43.0 Å². The summed E-state index contributed by atoms with van der Waals surface area (Å²) in [5, 5.41) is 2.88. The molecule has 0 aliphatic carbocycles. The predicted octanol–water partition coefficient (Wildman–Crippen LogP) is 3.35. The topological polar surface area (TPSA) is 75.7 Å². The lowest BCUT2D eigenvalue weighted by Gasteiger charge is -2.34. The Morgan fingerprint density at radius 2 is 1.89 bits per heavy atom. The Bertz CT molecular complexity index is 931. The van der Waals surface area contributed by atoms with E-state index in [1.165, 1.54) is 4.31 Å². The molecule has 0 saturated carbocycles. The zero-order valence-corrected chi connectivity index (χ0v) is 16.8. The minimum absolute atomic E-state index is 0.0500. The summed E-state index contributed by atoms with van der Waals surface area (Å²) >= 11 is 1.63. The average Bonchev–Trinajstić information content (AvgIpc) is 2.68. The molecule has 0 spiro atoms. The second kappa shape index (κ2) is 8.22. The van der Waals surface area contributed by atoms with Crippen molar-refractivity contribution in [1.29, 1.82) is 0 Å². The molecule has 0 fully saturated rings. The third-order valence-electron chi connectivity index (χ3n) is 4.17. The van der Waals surface area contributed by atoms with E-state index in [0.29, 0.717) is 17.1 Å². The fourth-order valence-corrected chi connectivity index (χ4v) is 4.71. The van der Waals surface area contributed by atoms with Crippen molar-refractivity contribution in [3.63, 3.8) is 0 Å². The van der Waals surface area contributed by atoms with Gasteiger partial charge in [0.1, 0.15) is 5.75 Å². The molecule has 2 aromatic carbocycles. The second-order valence-corrected chi connectivity index (χ2v) is 9.41. The number of rotatable bonds is 6. The zero-order valence-electron chi connectivity index (χ0n) is 15.2. The van der Waals surface area contributed by atoms with Crippen LogP contribution in [0.5, 0.6) is 5.75 Å². The van der Waals surface area contributed by atoms with E-state index in [-0.39, 0.29) is 18.2 Å². The standard InChI is InChI=1S/C19H22N2O4S2/c1-3-26-18-12-8-5-9-14(18)20-19(22)17-13-21(27(23,24)4-2)15-10-6-7-11-16(15)25-17/h5-12,17H,3-4,13H2,1-2H3,(H,20,22). The summed E-state index contributed by atoms with van der Waals surface area (Å²) in [5.41, 5.74) is 1.16. The number of hydrogen-bond donors (Lipinski definition) is 1. The number of sulfonamides is 1. The van der Waals surface area contributed by atoms with Gasteiger partial charge in [-0.3, -0.25) is 9.10 Å². The molecular weight excluding hydrogens is 384 g/mol. The van der Waals surface area contributed by atoms with Crippen LogP contribution in [0.15, 0.2) is 53.4 Å². The van der Waals surface area contributed by atoms with Crippen molar-refractivity contribution >= 4 is 39.1 Å². The van der Waals surface area contributed by atoms with Crippen molar-refractivity contribution in [2.24, 2.45) is 0 Å². The number of amides is 1. The molecule has 0 radical (unpaired) electrons. The predicted molar refractivity (Wildman–Crippen MR) is 109 cm³/mol. The van der Waals surface area contributed by atoms with E-state index in [1.807, 2.05) is 31.2 Å². The maximum Gasteiger partial charge on any atom is 0.267 e. The van der Waals surface area contributed by atoms with Crippen LogP contribution in [0.2, 0.25) is 0 Å². The number of para-hydroxylation sites is 3. The van der Waals surface area contributed by atoms with Crippen molar-refractivity contribution in [1.82, 2.24) is 0 Å². The van der Waals surface area contributed by atoms with Crippen LogP contribution in [0.3, 0.4) is 0 Å². The van der Waals surface area contributed by atoms with Gasteiger partial charge in [0.2, 0.25) is 10.0 Å². The van der Waals surface area contributed by atoms with Crippen LogP contribution in [0.25, 0.3) is 0 Å². The van der Waals surface area contributed by atoms with Gasteiger partial charge in [-0.1, -0.05) is 31.2 Å². The molecule has 1 heterocycles. The van der Waals surface area contributed by atoms with Crippen LogP contribution >= 0.6 is 11.8 Å². The first-order chi connectivity index (χ1) is 13.0. The van der Waals surface area contributed by atoms with Gasteiger partial charge in [0.05, 0.1) is 23.7 Å². The molecule has 0 saturated heterocycles. The molecule has 2 aromatic rings. The lowest BCUT2D eigenvalue weighted by molar-refractivity contribution is -0.122. The molecule has 27 heavy (non-hydrogen) atoms. The van der Waals surface area contributed by atoms with Crippen LogP contribution in [0.1, 0.15) is 13.8 Å². The number of nitrogens with one attached hydrogen (secondary N) is 1. The highest BCUT2D eigenvalue weighted by atomic mass is 32.2. The lowest BCUT2D eigenvalue weighted by atomic mass is 10.2. The molecule has 1 aliphatic heterocycles. The number of benzene rings is 2. The number of carbonyl (C=O) groups is 1. The number of nitrogens with zero attached hydrogens (tertiary/aromatic N) is 1. The third kappa shape index (κ3) is 4.22. The summed E-state index contributed by atoms with van der Waals surface area (Å²) in [6, 6.07) is 14.4. The van der Waals surface area contributed by atoms with Gasteiger partial charge in [-0.25, -0.2) is 8.42 Å². The number of anilines is 2. The molecular formula is C19H22N2O4S2. The average molecular weight is 407 g/mol. The van der Waals surface area contributed by atoms with E-state index >= 15 is 0 Å². The zero-order chi connectivity index (χ0) is 19.4. The van der Waals surface area contributed by atoms with Crippen molar-refractivity contribution in [2.75, 3.05) is 27.7 Å². The Kier molecular flexibility index (Phi) is 5.96. The van der Waals surface area contributed by atoms with Crippen molar-refractivity contribution in [2.45, 2.75) is 24.8 Å². The molecule has 0 aromatic heterocycles. The molecule has 1 aliphatic rings. The van der Waals surface area contributed by atoms with Gasteiger partial charge in [-0.05, 0) is 36.9 Å². The van der Waals surface area contributed by atoms with E-state index in [2.05, 4.69) is 5.32 Å². The molecule has 3 rings (SSSR count). The summed E-state index contributed by atoms with van der Waals surface area (Å²) in [4.78, 5) is 13.8. The Labute approximate surface area is 164 Å². The molecule has 1 N–H and O–H groups in total. The van der Waals surface area contributed by atoms with E-state index in [0.717, 1.165) is 10.6 Å². The molecule has 0 bridgehead atoms. The second-order valence-electron chi connectivity index (χ2n) is 5.92. The highest BCUT2D eigenvalue weighted by Crippen LogP contribution is 2.35. The van der Waals surface area contributed by atoms with Gasteiger partial charge in [0.15, 0.2) is 6.10 Å². The largest absolute Gasteiger partial charge is 0.476 e. The molecule has 8 heteroatoms. The molecule has 1 unspecified atom stereocenters. The van der Waals surface area contributed by atoms with E-state index < -0.39 is 16.1 Å². The Morgan fingerprint density at radius 1 is 1.19 bits per heavy atom. The summed E-state index contributed by atoms with van der Waals surface area (Å²) in [6.07, 6.45) is -0.930. The Morgan fingerprint density at radius 3 is 2.63 bits per heavy atom. The van der Waals surface area contributed by atoms with Crippen LogP contribution in [0.4, 0.5) is 11.4 Å². The van der Waals surface area contributed by atoms with Crippen LogP contribution in [-0.4, -0.2) is 38.5 Å². The fourth-order valence-electron chi connectivity index (χ4n) is 2.82. The molecule has 6 nitrogen and oxygen atoms in total. The third-order valence-corrected chi connectivity index (χ3v) is 6.88. The van der Waals surface area contributed by atoms with Crippen molar-refractivity contribution in [3.05, 3.63) is 48.5 Å². The van der Waals surface area contributed by atoms with Gasteiger partial charge >= 0.3 is 0 Å². The van der Waals surface area contributed by atoms with Gasteiger partial charge < -0.3 is 10.1 Å². The number of fused-ring (bicyclic) bond motifs is 1. The quantitative estimate of drug-likeness (QED) is 0.745. The first kappa shape index (κ1) is 19.6. The SMILES string of the molecule is CCSc1ccccc1NC(=O)C1CN(S(=O)(=O)CC)c2ccccc2O1. The normalized spacial score (nSPS) is 16.4. The number of ether oxygens (including phenoxy) is 1. The minimum Gasteiger partial charge on any atom is -0.476 e. The summed E-state index contributed by atoms with van der Waals surface area (Å²) in [5.74, 6) is 0.844. The summed E-state index contributed by atoms with van der Waals surface area (Å²) < 4.78 is 32.1. The summed E-state index contributed by atoms with van der Waals surface area (Å²) in [7, 11) is -3.52. The molecule has 1 atom stereocenters. The molecule has 144 valence electrons.